The lowest BCUT2D eigenvalue weighted by Gasteiger charge is -2.28. The molecule has 1 atom stereocenters. The maximum absolute atomic E-state index is 12.9. The normalized spacial score (nSPS) is 17.0. The second-order valence-electron chi connectivity index (χ2n) is 6.82. The lowest BCUT2D eigenvalue weighted by atomic mass is 9.92. The highest BCUT2D eigenvalue weighted by Gasteiger charge is 2.45. The number of hydrogen-bond acceptors (Lipinski definition) is 5. The minimum absolute atomic E-state index is 0.0998. The van der Waals surface area contributed by atoms with E-state index in [4.69, 9.17) is 4.74 Å². The summed E-state index contributed by atoms with van der Waals surface area (Å²) in [6, 6.07) is 9.79. The van der Waals surface area contributed by atoms with Crippen LogP contribution in [0.15, 0.2) is 60.1 Å². The van der Waals surface area contributed by atoms with Gasteiger partial charge >= 0.3 is 0 Å². The molecule has 1 aliphatic rings. The first kappa shape index (κ1) is 18.6. The highest BCUT2D eigenvalue weighted by atomic mass is 16.5. The molecule has 0 spiro atoms. The number of aliphatic hydroxyl groups excluding tert-OH is 1. The number of carbonyl (C=O) groups is 2. The number of hydrogen-bond donors (Lipinski definition) is 1. The van der Waals surface area contributed by atoms with Crippen molar-refractivity contribution in [1.82, 2.24) is 4.98 Å². The molecule has 0 aliphatic carbocycles. The standard InChI is InChI=1S/C21H22N2O4/c1-13(2)11-16(24)18-19(14-7-6-10-22-12-14)23(21(26)20(18)25)15-8-4-5-9-17(15)27-3/h4-10,12-13,19,25H,11H2,1-3H3. The predicted molar refractivity (Wildman–Crippen MR) is 102 cm³/mol. The van der Waals surface area contributed by atoms with E-state index in [0.717, 1.165) is 0 Å². The maximum atomic E-state index is 12.9. The third-order valence-corrected chi connectivity index (χ3v) is 4.45. The van der Waals surface area contributed by atoms with Gasteiger partial charge in [-0.2, -0.15) is 0 Å². The number of methoxy groups -OCH3 is 1. The Labute approximate surface area is 158 Å². The Morgan fingerprint density at radius 3 is 2.63 bits per heavy atom. The molecule has 1 N–H and O–H groups in total. The second-order valence-corrected chi connectivity index (χ2v) is 6.82. The van der Waals surface area contributed by atoms with Gasteiger partial charge in [0.2, 0.25) is 0 Å². The molecule has 1 aliphatic heterocycles. The molecule has 2 heterocycles. The fourth-order valence-electron chi connectivity index (χ4n) is 3.30. The molecular formula is C21H22N2O4. The Hall–Kier alpha value is -3.15. The molecule has 1 amide bonds. The molecule has 6 nitrogen and oxygen atoms in total. The van der Waals surface area contributed by atoms with Gasteiger partial charge in [-0.25, -0.2) is 0 Å². The minimum atomic E-state index is -0.756. The SMILES string of the molecule is COc1ccccc1N1C(=O)C(O)=C(C(=O)CC(C)C)C1c1cccnc1. The van der Waals surface area contributed by atoms with E-state index in [2.05, 4.69) is 4.98 Å². The zero-order valence-electron chi connectivity index (χ0n) is 15.5. The summed E-state index contributed by atoms with van der Waals surface area (Å²) >= 11 is 0. The summed E-state index contributed by atoms with van der Waals surface area (Å²) < 4.78 is 5.39. The number of amides is 1. The van der Waals surface area contributed by atoms with E-state index in [1.807, 2.05) is 13.8 Å². The first-order chi connectivity index (χ1) is 13.0. The summed E-state index contributed by atoms with van der Waals surface area (Å²) in [6.07, 6.45) is 3.46. The van der Waals surface area contributed by atoms with Crippen molar-refractivity contribution in [2.24, 2.45) is 5.92 Å². The zero-order chi connectivity index (χ0) is 19.6. The third-order valence-electron chi connectivity index (χ3n) is 4.45. The molecule has 1 aromatic carbocycles. The van der Waals surface area contributed by atoms with Gasteiger partial charge in [0, 0.05) is 18.8 Å². The molecule has 0 fully saturated rings. The number of anilines is 1. The average Bonchev–Trinajstić information content (AvgIpc) is 2.93. The van der Waals surface area contributed by atoms with Crippen molar-refractivity contribution < 1.29 is 19.4 Å². The van der Waals surface area contributed by atoms with E-state index in [1.54, 1.807) is 48.8 Å². The van der Waals surface area contributed by atoms with Crippen LogP contribution in [0.3, 0.4) is 0 Å². The molecule has 0 saturated carbocycles. The molecule has 140 valence electrons. The van der Waals surface area contributed by atoms with Crippen molar-refractivity contribution in [2.75, 3.05) is 12.0 Å². The summed E-state index contributed by atoms with van der Waals surface area (Å²) in [6.45, 7) is 3.84. The zero-order valence-corrected chi connectivity index (χ0v) is 15.5. The van der Waals surface area contributed by atoms with Crippen LogP contribution in [-0.2, 0) is 9.59 Å². The number of Topliss-reactive ketones (excluding diaryl/α,β-unsaturated/α-hetero) is 1. The summed E-state index contributed by atoms with van der Waals surface area (Å²) in [5.74, 6) is -0.809. The Balaban J connectivity index is 2.17. The lowest BCUT2D eigenvalue weighted by Crippen LogP contribution is -2.31. The number of rotatable bonds is 6. The topological polar surface area (TPSA) is 79.7 Å². The van der Waals surface area contributed by atoms with Gasteiger partial charge in [-0.05, 0) is 29.7 Å². The number of benzene rings is 1. The van der Waals surface area contributed by atoms with E-state index >= 15 is 0 Å². The predicted octanol–water partition coefficient (Wildman–Crippen LogP) is 3.61. The third kappa shape index (κ3) is 3.43. The number of ether oxygens (including phenoxy) is 1. The quantitative estimate of drug-likeness (QED) is 0.845. The molecular weight excluding hydrogens is 344 g/mol. The van der Waals surface area contributed by atoms with Crippen LogP contribution >= 0.6 is 0 Å². The van der Waals surface area contributed by atoms with Crippen LogP contribution in [0.2, 0.25) is 0 Å². The fourth-order valence-corrected chi connectivity index (χ4v) is 3.30. The van der Waals surface area contributed by atoms with Crippen molar-refractivity contribution in [1.29, 1.82) is 0 Å². The molecule has 0 bridgehead atoms. The van der Waals surface area contributed by atoms with Gasteiger partial charge in [-0.3, -0.25) is 19.5 Å². The van der Waals surface area contributed by atoms with Crippen molar-refractivity contribution in [3.63, 3.8) is 0 Å². The highest BCUT2D eigenvalue weighted by molar-refractivity contribution is 6.17. The van der Waals surface area contributed by atoms with Gasteiger partial charge in [0.05, 0.1) is 24.4 Å². The second kappa shape index (κ2) is 7.61. The fraction of sp³-hybridized carbons (Fsp3) is 0.286. The van der Waals surface area contributed by atoms with Gasteiger partial charge in [0.25, 0.3) is 5.91 Å². The summed E-state index contributed by atoms with van der Waals surface area (Å²) in [4.78, 5) is 31.3. The molecule has 6 heteroatoms. The van der Waals surface area contributed by atoms with Gasteiger partial charge in [0.15, 0.2) is 11.5 Å². The molecule has 0 radical (unpaired) electrons. The molecule has 3 rings (SSSR count). The number of aromatic nitrogens is 1. The number of aliphatic hydroxyl groups is 1. The van der Waals surface area contributed by atoms with Gasteiger partial charge < -0.3 is 9.84 Å². The van der Waals surface area contributed by atoms with Crippen molar-refractivity contribution in [3.8, 4) is 5.75 Å². The smallest absolute Gasteiger partial charge is 0.294 e. The number of pyridine rings is 1. The van der Waals surface area contributed by atoms with Gasteiger partial charge in [0.1, 0.15) is 5.75 Å². The van der Waals surface area contributed by atoms with Gasteiger partial charge in [-0.1, -0.05) is 32.0 Å². The summed E-state index contributed by atoms with van der Waals surface area (Å²) in [7, 11) is 1.51. The van der Waals surface area contributed by atoms with Crippen molar-refractivity contribution in [2.45, 2.75) is 26.3 Å². The lowest BCUT2D eigenvalue weighted by molar-refractivity contribution is -0.118. The van der Waals surface area contributed by atoms with Crippen LogP contribution in [0.1, 0.15) is 31.9 Å². The van der Waals surface area contributed by atoms with E-state index in [-0.39, 0.29) is 23.7 Å². The van der Waals surface area contributed by atoms with Gasteiger partial charge in [-0.15, -0.1) is 0 Å². The van der Waals surface area contributed by atoms with Crippen LogP contribution in [0.5, 0.6) is 5.75 Å². The monoisotopic (exact) mass is 366 g/mol. The first-order valence-electron chi connectivity index (χ1n) is 8.78. The van der Waals surface area contributed by atoms with E-state index in [1.165, 1.54) is 12.0 Å². The summed E-state index contributed by atoms with van der Waals surface area (Å²) in [5.41, 5.74) is 1.23. The number of para-hydroxylation sites is 2. The van der Waals surface area contributed by atoms with E-state index in [9.17, 15) is 14.7 Å². The highest BCUT2D eigenvalue weighted by Crippen LogP contribution is 2.44. The Morgan fingerprint density at radius 1 is 1.26 bits per heavy atom. The number of nitrogens with zero attached hydrogens (tertiary/aromatic N) is 2. The van der Waals surface area contributed by atoms with Crippen molar-refractivity contribution >= 4 is 17.4 Å². The van der Waals surface area contributed by atoms with Crippen molar-refractivity contribution in [3.05, 3.63) is 65.7 Å². The largest absolute Gasteiger partial charge is 0.503 e. The average molecular weight is 366 g/mol. The molecule has 1 aromatic heterocycles. The van der Waals surface area contributed by atoms with Crippen LogP contribution in [0.4, 0.5) is 5.69 Å². The van der Waals surface area contributed by atoms with Crippen LogP contribution in [0.25, 0.3) is 0 Å². The molecule has 2 aromatic rings. The first-order valence-corrected chi connectivity index (χ1v) is 8.78. The number of ketones is 1. The van der Waals surface area contributed by atoms with Crippen LogP contribution in [-0.4, -0.2) is 28.9 Å². The Bertz CT molecular complexity index is 890. The van der Waals surface area contributed by atoms with E-state index < -0.39 is 17.7 Å². The summed E-state index contributed by atoms with van der Waals surface area (Å²) in [5, 5.41) is 10.6. The van der Waals surface area contributed by atoms with Crippen LogP contribution in [0, 0.1) is 5.92 Å². The Kier molecular flexibility index (Phi) is 5.26. The molecule has 1 unspecified atom stereocenters. The molecule has 0 saturated heterocycles. The minimum Gasteiger partial charge on any atom is -0.503 e. The number of carbonyl (C=O) groups excluding carboxylic acids is 2. The maximum Gasteiger partial charge on any atom is 0.294 e. The molecule has 27 heavy (non-hydrogen) atoms. The van der Waals surface area contributed by atoms with Crippen LogP contribution < -0.4 is 9.64 Å². The van der Waals surface area contributed by atoms with E-state index in [0.29, 0.717) is 17.0 Å². The Morgan fingerprint density at radius 2 is 2.00 bits per heavy atom.